The maximum atomic E-state index is 12.1. The van der Waals surface area contributed by atoms with Gasteiger partial charge in [-0.2, -0.15) is 0 Å². The molecule has 0 saturated carbocycles. The van der Waals surface area contributed by atoms with E-state index in [0.717, 1.165) is 12.1 Å². The molecule has 1 amide bonds. The van der Waals surface area contributed by atoms with Gasteiger partial charge in [-0.1, -0.05) is 18.2 Å². The number of rotatable bonds is 2. The minimum atomic E-state index is -0.0764. The number of fused-ring (bicyclic) bond motifs is 1. The standard InChI is InChI=1S/C13H18N2O/c1-9(14)7-13(16)15-10(2)8-11-5-3-4-6-12(11)15/h3-6,9-10H,7-8,14H2,1-2H3. The monoisotopic (exact) mass is 218 g/mol. The molecule has 2 unspecified atom stereocenters. The van der Waals surface area contributed by atoms with Gasteiger partial charge in [-0.3, -0.25) is 4.79 Å². The normalized spacial score (nSPS) is 20.7. The smallest absolute Gasteiger partial charge is 0.228 e. The van der Waals surface area contributed by atoms with E-state index in [-0.39, 0.29) is 18.0 Å². The van der Waals surface area contributed by atoms with Crippen molar-refractivity contribution < 1.29 is 4.79 Å². The maximum absolute atomic E-state index is 12.1. The van der Waals surface area contributed by atoms with E-state index in [4.69, 9.17) is 5.73 Å². The molecule has 1 aromatic carbocycles. The second-order valence-corrected chi connectivity index (χ2v) is 4.63. The summed E-state index contributed by atoms with van der Waals surface area (Å²) in [6, 6.07) is 8.27. The third-order valence-corrected chi connectivity index (χ3v) is 2.97. The van der Waals surface area contributed by atoms with Crippen molar-refractivity contribution in [2.45, 2.75) is 38.8 Å². The van der Waals surface area contributed by atoms with Crippen molar-refractivity contribution in [1.82, 2.24) is 0 Å². The number of amides is 1. The van der Waals surface area contributed by atoms with Crippen molar-refractivity contribution in [3.8, 4) is 0 Å². The van der Waals surface area contributed by atoms with E-state index in [1.54, 1.807) is 0 Å². The second kappa shape index (κ2) is 4.26. The zero-order valence-corrected chi connectivity index (χ0v) is 9.81. The lowest BCUT2D eigenvalue weighted by Gasteiger charge is -2.23. The molecule has 2 N–H and O–H groups in total. The van der Waals surface area contributed by atoms with Gasteiger partial charge in [-0.05, 0) is 31.9 Å². The minimum Gasteiger partial charge on any atom is -0.327 e. The lowest BCUT2D eigenvalue weighted by molar-refractivity contribution is -0.119. The minimum absolute atomic E-state index is 0.0764. The highest BCUT2D eigenvalue weighted by Gasteiger charge is 2.30. The Morgan fingerprint density at radius 3 is 2.94 bits per heavy atom. The molecule has 0 aromatic heterocycles. The molecule has 0 spiro atoms. The highest BCUT2D eigenvalue weighted by Crippen LogP contribution is 2.32. The van der Waals surface area contributed by atoms with Crippen LogP contribution in [0.1, 0.15) is 25.8 Å². The van der Waals surface area contributed by atoms with Crippen molar-refractivity contribution in [3.63, 3.8) is 0 Å². The first-order valence-corrected chi connectivity index (χ1v) is 5.75. The fourth-order valence-electron chi connectivity index (χ4n) is 2.32. The molecule has 0 aliphatic carbocycles. The third-order valence-electron chi connectivity index (χ3n) is 2.97. The average Bonchev–Trinajstić information content (AvgIpc) is 2.52. The molecule has 1 aromatic rings. The number of carbonyl (C=O) groups excluding carboxylic acids is 1. The van der Waals surface area contributed by atoms with Crippen molar-refractivity contribution in [3.05, 3.63) is 29.8 Å². The molecular formula is C13H18N2O. The number of carbonyl (C=O) groups is 1. The molecule has 0 fully saturated rings. The van der Waals surface area contributed by atoms with E-state index in [2.05, 4.69) is 13.0 Å². The quantitative estimate of drug-likeness (QED) is 0.821. The molecule has 3 nitrogen and oxygen atoms in total. The van der Waals surface area contributed by atoms with Gasteiger partial charge in [0.15, 0.2) is 0 Å². The van der Waals surface area contributed by atoms with Gasteiger partial charge >= 0.3 is 0 Å². The number of para-hydroxylation sites is 1. The fraction of sp³-hybridized carbons (Fsp3) is 0.462. The topological polar surface area (TPSA) is 46.3 Å². The molecule has 0 bridgehead atoms. The summed E-state index contributed by atoms with van der Waals surface area (Å²) in [5.74, 6) is 0.132. The maximum Gasteiger partial charge on any atom is 0.228 e. The summed E-state index contributed by atoms with van der Waals surface area (Å²) in [7, 11) is 0. The van der Waals surface area contributed by atoms with E-state index < -0.39 is 0 Å². The molecule has 0 saturated heterocycles. The number of hydrogen-bond acceptors (Lipinski definition) is 2. The van der Waals surface area contributed by atoms with Crippen LogP contribution in [0.15, 0.2) is 24.3 Å². The Hall–Kier alpha value is -1.35. The van der Waals surface area contributed by atoms with Crippen LogP contribution < -0.4 is 10.6 Å². The van der Waals surface area contributed by atoms with Crippen molar-refractivity contribution in [1.29, 1.82) is 0 Å². The first-order chi connectivity index (χ1) is 7.59. The SMILES string of the molecule is CC(N)CC(=O)N1c2ccccc2CC1C. The van der Waals surface area contributed by atoms with E-state index >= 15 is 0 Å². The Bertz CT molecular complexity index is 401. The number of benzene rings is 1. The summed E-state index contributed by atoms with van der Waals surface area (Å²) in [5.41, 5.74) is 7.99. The predicted molar refractivity (Wildman–Crippen MR) is 65.4 cm³/mol. The first-order valence-electron chi connectivity index (χ1n) is 5.75. The Morgan fingerprint density at radius 1 is 1.56 bits per heavy atom. The fourth-order valence-corrected chi connectivity index (χ4v) is 2.32. The number of hydrogen-bond donors (Lipinski definition) is 1. The third kappa shape index (κ3) is 1.95. The van der Waals surface area contributed by atoms with E-state index in [9.17, 15) is 4.79 Å². The van der Waals surface area contributed by atoms with Crippen molar-refractivity contribution >= 4 is 11.6 Å². The molecule has 3 heteroatoms. The first kappa shape index (κ1) is 11.1. The molecular weight excluding hydrogens is 200 g/mol. The Balaban J connectivity index is 2.25. The average molecular weight is 218 g/mol. The zero-order valence-electron chi connectivity index (χ0n) is 9.81. The van der Waals surface area contributed by atoms with Crippen LogP contribution in [0.2, 0.25) is 0 Å². The van der Waals surface area contributed by atoms with Gasteiger partial charge in [0.2, 0.25) is 5.91 Å². The molecule has 2 rings (SSSR count). The van der Waals surface area contributed by atoms with Gasteiger partial charge < -0.3 is 10.6 Å². The summed E-state index contributed by atoms with van der Waals surface area (Å²) >= 11 is 0. The summed E-state index contributed by atoms with van der Waals surface area (Å²) in [6.07, 6.45) is 1.36. The van der Waals surface area contributed by atoms with E-state index in [1.165, 1.54) is 5.56 Å². The van der Waals surface area contributed by atoms with Crippen LogP contribution in [0.25, 0.3) is 0 Å². The molecule has 1 aliphatic rings. The highest BCUT2D eigenvalue weighted by molar-refractivity contribution is 5.96. The molecule has 1 aliphatic heterocycles. The summed E-state index contributed by atoms with van der Waals surface area (Å²) in [5, 5.41) is 0. The molecule has 2 atom stereocenters. The van der Waals surface area contributed by atoms with Crippen LogP contribution in [0.5, 0.6) is 0 Å². The molecule has 86 valence electrons. The zero-order chi connectivity index (χ0) is 11.7. The largest absolute Gasteiger partial charge is 0.327 e. The van der Waals surface area contributed by atoms with Crippen LogP contribution in [-0.2, 0) is 11.2 Å². The Kier molecular flexibility index (Phi) is 2.97. The van der Waals surface area contributed by atoms with Crippen LogP contribution in [0.3, 0.4) is 0 Å². The number of nitrogens with zero attached hydrogens (tertiary/aromatic N) is 1. The molecule has 16 heavy (non-hydrogen) atoms. The van der Waals surface area contributed by atoms with Crippen LogP contribution in [-0.4, -0.2) is 18.0 Å². The van der Waals surface area contributed by atoms with Gasteiger partial charge in [0.25, 0.3) is 0 Å². The molecule has 1 heterocycles. The summed E-state index contributed by atoms with van der Waals surface area (Å²) in [6.45, 7) is 3.95. The lowest BCUT2D eigenvalue weighted by atomic mass is 10.1. The van der Waals surface area contributed by atoms with Gasteiger partial charge in [0.05, 0.1) is 0 Å². The van der Waals surface area contributed by atoms with Gasteiger partial charge in [-0.25, -0.2) is 0 Å². The lowest BCUT2D eigenvalue weighted by Crippen LogP contribution is -2.38. The predicted octanol–water partition coefficient (Wildman–Crippen LogP) is 1.70. The molecule has 0 radical (unpaired) electrons. The number of anilines is 1. The van der Waals surface area contributed by atoms with Crippen molar-refractivity contribution in [2.75, 3.05) is 4.90 Å². The van der Waals surface area contributed by atoms with E-state index in [0.29, 0.717) is 6.42 Å². The summed E-state index contributed by atoms with van der Waals surface area (Å²) in [4.78, 5) is 14.0. The number of nitrogens with two attached hydrogens (primary N) is 1. The Labute approximate surface area is 96.2 Å². The van der Waals surface area contributed by atoms with Crippen LogP contribution in [0.4, 0.5) is 5.69 Å². The second-order valence-electron chi connectivity index (χ2n) is 4.63. The Morgan fingerprint density at radius 2 is 2.25 bits per heavy atom. The van der Waals surface area contributed by atoms with Gasteiger partial charge in [-0.15, -0.1) is 0 Å². The van der Waals surface area contributed by atoms with Crippen LogP contribution >= 0.6 is 0 Å². The van der Waals surface area contributed by atoms with Gasteiger partial charge in [0, 0.05) is 24.2 Å². The van der Waals surface area contributed by atoms with Crippen molar-refractivity contribution in [2.24, 2.45) is 5.73 Å². The summed E-state index contributed by atoms with van der Waals surface area (Å²) < 4.78 is 0. The van der Waals surface area contributed by atoms with E-state index in [1.807, 2.05) is 30.0 Å². The highest BCUT2D eigenvalue weighted by atomic mass is 16.2. The van der Waals surface area contributed by atoms with Gasteiger partial charge in [0.1, 0.15) is 0 Å². The van der Waals surface area contributed by atoms with Crippen LogP contribution in [0, 0.1) is 0 Å².